The Morgan fingerprint density at radius 2 is 2.08 bits per heavy atom. The van der Waals surface area contributed by atoms with Crippen LogP contribution in [0.2, 0.25) is 0 Å². The second-order valence-electron chi connectivity index (χ2n) is 6.55. The third-order valence-corrected chi connectivity index (χ3v) is 4.61. The zero-order chi connectivity index (χ0) is 18.2. The standard InChI is InChI=1S/C20H25N5O/c21-10-5-14-25-16-18(20(23-25)17-7-2-1-3-8-17)15-22-11-6-13-24-12-4-9-19(24)26/h1-3,7-8,16,22H,4-6,9,11-15H2. The molecule has 0 aliphatic carbocycles. The van der Waals surface area contributed by atoms with Crippen LogP contribution >= 0.6 is 0 Å². The van der Waals surface area contributed by atoms with Gasteiger partial charge in [0.15, 0.2) is 0 Å². The number of nitrogens with one attached hydrogen (secondary N) is 1. The molecule has 6 heteroatoms. The van der Waals surface area contributed by atoms with Gasteiger partial charge in [0, 0.05) is 43.4 Å². The Balaban J connectivity index is 1.56. The van der Waals surface area contributed by atoms with Crippen molar-refractivity contribution in [1.82, 2.24) is 20.0 Å². The van der Waals surface area contributed by atoms with Crippen molar-refractivity contribution < 1.29 is 4.79 Å². The molecule has 1 saturated heterocycles. The summed E-state index contributed by atoms with van der Waals surface area (Å²) in [7, 11) is 0. The van der Waals surface area contributed by atoms with Crippen LogP contribution in [0, 0.1) is 11.3 Å². The van der Waals surface area contributed by atoms with Crippen molar-refractivity contribution in [3.63, 3.8) is 0 Å². The summed E-state index contributed by atoms with van der Waals surface area (Å²) in [6, 6.07) is 12.3. The van der Waals surface area contributed by atoms with Crippen LogP contribution in [0.4, 0.5) is 0 Å². The highest BCUT2D eigenvalue weighted by molar-refractivity contribution is 5.78. The summed E-state index contributed by atoms with van der Waals surface area (Å²) in [5.74, 6) is 0.287. The number of nitrogens with zero attached hydrogens (tertiary/aromatic N) is 4. The Morgan fingerprint density at radius 1 is 1.23 bits per heavy atom. The van der Waals surface area contributed by atoms with E-state index in [9.17, 15) is 4.79 Å². The van der Waals surface area contributed by atoms with Gasteiger partial charge >= 0.3 is 0 Å². The maximum Gasteiger partial charge on any atom is 0.222 e. The summed E-state index contributed by atoms with van der Waals surface area (Å²) in [5.41, 5.74) is 3.18. The summed E-state index contributed by atoms with van der Waals surface area (Å²) in [6.07, 6.45) is 5.13. The first kappa shape index (κ1) is 18.2. The SMILES string of the molecule is N#CCCn1cc(CNCCCN2CCCC2=O)c(-c2ccccc2)n1. The number of likely N-dealkylation sites (tertiary alicyclic amines) is 1. The number of amides is 1. The molecule has 3 rings (SSSR count). The highest BCUT2D eigenvalue weighted by Gasteiger charge is 2.19. The second-order valence-corrected chi connectivity index (χ2v) is 6.55. The zero-order valence-corrected chi connectivity index (χ0v) is 15.0. The van der Waals surface area contributed by atoms with Crippen molar-refractivity contribution in [3.8, 4) is 17.3 Å². The minimum Gasteiger partial charge on any atom is -0.343 e. The van der Waals surface area contributed by atoms with Crippen LogP contribution in [-0.4, -0.2) is 40.2 Å². The number of carbonyl (C=O) groups is 1. The van der Waals surface area contributed by atoms with E-state index in [1.807, 2.05) is 34.0 Å². The smallest absolute Gasteiger partial charge is 0.222 e. The third kappa shape index (κ3) is 4.70. The predicted octanol–water partition coefficient (Wildman–Crippen LogP) is 2.57. The summed E-state index contributed by atoms with van der Waals surface area (Å²) in [4.78, 5) is 13.6. The van der Waals surface area contributed by atoms with Gasteiger partial charge in [-0.1, -0.05) is 30.3 Å². The van der Waals surface area contributed by atoms with E-state index in [0.717, 1.165) is 55.8 Å². The third-order valence-electron chi connectivity index (χ3n) is 4.61. The Kier molecular flexibility index (Phi) is 6.39. The molecular formula is C20H25N5O. The van der Waals surface area contributed by atoms with Gasteiger partial charge in [-0.15, -0.1) is 0 Å². The summed E-state index contributed by atoms with van der Waals surface area (Å²) in [5, 5.41) is 16.9. The maximum atomic E-state index is 11.6. The van der Waals surface area contributed by atoms with Crippen molar-refractivity contribution >= 4 is 5.91 Å². The molecule has 0 atom stereocenters. The Labute approximate surface area is 154 Å². The fourth-order valence-electron chi connectivity index (χ4n) is 3.27. The molecule has 0 spiro atoms. The quantitative estimate of drug-likeness (QED) is 0.705. The first-order chi connectivity index (χ1) is 12.8. The monoisotopic (exact) mass is 351 g/mol. The largest absolute Gasteiger partial charge is 0.343 e. The first-order valence-corrected chi connectivity index (χ1v) is 9.25. The number of nitriles is 1. The first-order valence-electron chi connectivity index (χ1n) is 9.25. The average Bonchev–Trinajstić information content (AvgIpc) is 3.26. The molecule has 0 bridgehead atoms. The van der Waals surface area contributed by atoms with Crippen LogP contribution in [-0.2, 0) is 17.9 Å². The molecule has 1 aromatic carbocycles. The molecule has 0 radical (unpaired) electrons. The molecule has 1 fully saturated rings. The maximum absolute atomic E-state index is 11.6. The Hall–Kier alpha value is -2.65. The molecule has 26 heavy (non-hydrogen) atoms. The number of aromatic nitrogens is 2. The van der Waals surface area contributed by atoms with Crippen LogP contribution < -0.4 is 5.32 Å². The van der Waals surface area contributed by atoms with Crippen LogP contribution in [0.3, 0.4) is 0 Å². The van der Waals surface area contributed by atoms with Gasteiger partial charge in [0.05, 0.1) is 24.7 Å². The highest BCUT2D eigenvalue weighted by atomic mass is 16.2. The van der Waals surface area contributed by atoms with Crippen molar-refractivity contribution in [2.24, 2.45) is 0 Å². The van der Waals surface area contributed by atoms with E-state index in [1.54, 1.807) is 0 Å². The van der Waals surface area contributed by atoms with Crippen molar-refractivity contribution in [1.29, 1.82) is 5.26 Å². The topological polar surface area (TPSA) is 74.0 Å². The lowest BCUT2D eigenvalue weighted by Gasteiger charge is -2.15. The highest BCUT2D eigenvalue weighted by Crippen LogP contribution is 2.22. The Morgan fingerprint density at radius 3 is 2.81 bits per heavy atom. The Bertz CT molecular complexity index is 762. The lowest BCUT2D eigenvalue weighted by molar-refractivity contribution is -0.127. The van der Waals surface area contributed by atoms with Gasteiger partial charge in [0.1, 0.15) is 0 Å². The number of rotatable bonds is 9. The lowest BCUT2D eigenvalue weighted by atomic mass is 10.1. The molecule has 2 aromatic rings. The molecule has 2 heterocycles. The zero-order valence-electron chi connectivity index (χ0n) is 15.0. The predicted molar refractivity (Wildman–Crippen MR) is 100 cm³/mol. The van der Waals surface area contributed by atoms with Gasteiger partial charge in [0.25, 0.3) is 0 Å². The number of aryl methyl sites for hydroxylation is 1. The number of hydrogen-bond acceptors (Lipinski definition) is 4. The van der Waals surface area contributed by atoms with E-state index in [0.29, 0.717) is 19.4 Å². The van der Waals surface area contributed by atoms with E-state index in [-0.39, 0.29) is 5.91 Å². The number of hydrogen-bond donors (Lipinski definition) is 1. The van der Waals surface area contributed by atoms with Crippen molar-refractivity contribution in [2.45, 2.75) is 38.8 Å². The van der Waals surface area contributed by atoms with E-state index in [2.05, 4.69) is 28.6 Å². The molecule has 1 aliphatic rings. The van der Waals surface area contributed by atoms with Crippen LogP contribution in [0.5, 0.6) is 0 Å². The fourth-order valence-corrected chi connectivity index (χ4v) is 3.27. The van der Waals surface area contributed by atoms with Gasteiger partial charge in [-0.25, -0.2) is 0 Å². The van der Waals surface area contributed by atoms with Gasteiger partial charge in [-0.2, -0.15) is 10.4 Å². The normalized spacial score (nSPS) is 14.0. The van der Waals surface area contributed by atoms with Gasteiger partial charge in [-0.05, 0) is 19.4 Å². The molecular weight excluding hydrogens is 326 g/mol. The average molecular weight is 351 g/mol. The minimum atomic E-state index is 0.287. The molecule has 1 amide bonds. The summed E-state index contributed by atoms with van der Waals surface area (Å²) >= 11 is 0. The lowest BCUT2D eigenvalue weighted by Crippen LogP contribution is -2.28. The van der Waals surface area contributed by atoms with E-state index in [1.165, 1.54) is 0 Å². The fraction of sp³-hybridized carbons (Fsp3) is 0.450. The summed E-state index contributed by atoms with van der Waals surface area (Å²) in [6.45, 7) is 3.93. The summed E-state index contributed by atoms with van der Waals surface area (Å²) < 4.78 is 1.85. The molecule has 0 unspecified atom stereocenters. The second kappa shape index (κ2) is 9.16. The molecule has 1 N–H and O–H groups in total. The number of benzene rings is 1. The molecule has 0 saturated carbocycles. The van der Waals surface area contributed by atoms with Gasteiger partial charge < -0.3 is 10.2 Å². The van der Waals surface area contributed by atoms with Crippen LogP contribution in [0.25, 0.3) is 11.3 Å². The van der Waals surface area contributed by atoms with E-state index < -0.39 is 0 Å². The van der Waals surface area contributed by atoms with Crippen molar-refractivity contribution in [3.05, 3.63) is 42.1 Å². The van der Waals surface area contributed by atoms with E-state index in [4.69, 9.17) is 5.26 Å². The van der Waals surface area contributed by atoms with Gasteiger partial charge in [0.2, 0.25) is 5.91 Å². The molecule has 1 aliphatic heterocycles. The van der Waals surface area contributed by atoms with Crippen LogP contribution in [0.15, 0.2) is 36.5 Å². The number of carbonyl (C=O) groups excluding carboxylic acids is 1. The van der Waals surface area contributed by atoms with Gasteiger partial charge in [-0.3, -0.25) is 9.48 Å². The van der Waals surface area contributed by atoms with E-state index >= 15 is 0 Å². The van der Waals surface area contributed by atoms with Crippen LogP contribution in [0.1, 0.15) is 31.2 Å². The molecule has 6 nitrogen and oxygen atoms in total. The molecule has 1 aromatic heterocycles. The minimum absolute atomic E-state index is 0.287. The van der Waals surface area contributed by atoms with Crippen molar-refractivity contribution in [2.75, 3.05) is 19.6 Å². The molecule has 136 valence electrons.